The van der Waals surface area contributed by atoms with Crippen LogP contribution in [0.2, 0.25) is 0 Å². The van der Waals surface area contributed by atoms with Crippen LogP contribution in [0.4, 0.5) is 5.00 Å². The van der Waals surface area contributed by atoms with Gasteiger partial charge in [0.05, 0.1) is 10.0 Å². The van der Waals surface area contributed by atoms with Crippen molar-refractivity contribution in [2.45, 2.75) is 53.5 Å². The van der Waals surface area contributed by atoms with Gasteiger partial charge in [0.15, 0.2) is 5.69 Å². The molecule has 2 heterocycles. The lowest BCUT2D eigenvalue weighted by molar-refractivity contribution is 0.102. The van der Waals surface area contributed by atoms with Crippen LogP contribution in [0.25, 0.3) is 0 Å². The summed E-state index contributed by atoms with van der Waals surface area (Å²) in [5.41, 5.74) is 2.33. The summed E-state index contributed by atoms with van der Waals surface area (Å²) in [6.07, 6.45) is 4.75. The molecular formula is C19H23BrN4OS. The van der Waals surface area contributed by atoms with Gasteiger partial charge < -0.3 is 5.32 Å². The first-order chi connectivity index (χ1) is 12.2. The van der Waals surface area contributed by atoms with Crippen molar-refractivity contribution in [3.8, 4) is 6.07 Å². The zero-order chi connectivity index (χ0) is 19.1. The van der Waals surface area contributed by atoms with Gasteiger partial charge in [-0.2, -0.15) is 10.4 Å². The van der Waals surface area contributed by atoms with Crippen molar-refractivity contribution in [3.05, 3.63) is 32.4 Å². The molecule has 1 N–H and O–H groups in total. The van der Waals surface area contributed by atoms with Crippen molar-refractivity contribution in [1.29, 1.82) is 5.26 Å². The Morgan fingerprint density at radius 3 is 2.85 bits per heavy atom. The van der Waals surface area contributed by atoms with Crippen molar-refractivity contribution in [3.63, 3.8) is 0 Å². The number of amides is 1. The number of nitrogens with zero attached hydrogens (tertiary/aromatic N) is 3. The number of carbonyl (C=O) groups is 1. The number of rotatable bonds is 3. The standard InChI is InChI=1S/C19H23BrN4OS/c1-5-24-10-14(20)16(23-24)17(25)22-18-13(9-21)12-7-6-11(19(2,3)4)8-15(12)26-18/h10-11H,5-8H2,1-4H3,(H,22,25)/t11-/m1/s1. The van der Waals surface area contributed by atoms with E-state index in [0.29, 0.717) is 33.2 Å². The van der Waals surface area contributed by atoms with Gasteiger partial charge in [0.1, 0.15) is 11.1 Å². The first-order valence-corrected chi connectivity index (χ1v) is 10.4. The van der Waals surface area contributed by atoms with E-state index >= 15 is 0 Å². The molecule has 1 amide bonds. The zero-order valence-corrected chi connectivity index (χ0v) is 17.9. The van der Waals surface area contributed by atoms with E-state index in [1.807, 2.05) is 6.92 Å². The summed E-state index contributed by atoms with van der Waals surface area (Å²) in [6.45, 7) is 9.47. The van der Waals surface area contributed by atoms with E-state index in [2.05, 4.69) is 53.2 Å². The van der Waals surface area contributed by atoms with Gasteiger partial charge in [-0.3, -0.25) is 9.48 Å². The number of nitrogens with one attached hydrogen (secondary N) is 1. The van der Waals surface area contributed by atoms with Crippen LogP contribution in [-0.2, 0) is 19.4 Å². The molecule has 26 heavy (non-hydrogen) atoms. The fraction of sp³-hybridized carbons (Fsp3) is 0.526. The Kier molecular flexibility index (Phi) is 5.27. The van der Waals surface area contributed by atoms with Gasteiger partial charge in [-0.25, -0.2) is 0 Å². The third-order valence-electron chi connectivity index (χ3n) is 5.08. The number of thiophene rings is 1. The molecule has 138 valence electrons. The van der Waals surface area contributed by atoms with E-state index < -0.39 is 0 Å². The van der Waals surface area contributed by atoms with Crippen molar-refractivity contribution in [2.24, 2.45) is 11.3 Å². The number of carbonyl (C=O) groups excluding carboxylic acids is 1. The molecule has 0 fully saturated rings. The molecule has 0 radical (unpaired) electrons. The minimum Gasteiger partial charge on any atom is -0.311 e. The van der Waals surface area contributed by atoms with Gasteiger partial charge in [0.2, 0.25) is 0 Å². The molecule has 0 aliphatic heterocycles. The lowest BCUT2D eigenvalue weighted by atomic mass is 9.72. The molecule has 0 aromatic carbocycles. The normalized spacial score (nSPS) is 16.8. The minimum absolute atomic E-state index is 0.246. The highest BCUT2D eigenvalue weighted by atomic mass is 79.9. The summed E-state index contributed by atoms with van der Waals surface area (Å²) in [6, 6.07) is 2.30. The molecule has 5 nitrogen and oxygen atoms in total. The highest BCUT2D eigenvalue weighted by Crippen LogP contribution is 2.44. The van der Waals surface area contributed by atoms with Gasteiger partial charge in [0.25, 0.3) is 5.91 Å². The highest BCUT2D eigenvalue weighted by Gasteiger charge is 2.32. The van der Waals surface area contributed by atoms with Crippen molar-refractivity contribution in [2.75, 3.05) is 5.32 Å². The van der Waals surface area contributed by atoms with E-state index in [4.69, 9.17) is 0 Å². The number of nitriles is 1. The lowest BCUT2D eigenvalue weighted by Gasteiger charge is -2.33. The Morgan fingerprint density at radius 1 is 1.54 bits per heavy atom. The predicted molar refractivity (Wildman–Crippen MR) is 108 cm³/mol. The Hall–Kier alpha value is -1.65. The van der Waals surface area contributed by atoms with Crippen LogP contribution in [0.15, 0.2) is 10.7 Å². The van der Waals surface area contributed by atoms with Gasteiger partial charge in [-0.1, -0.05) is 20.8 Å². The molecule has 0 saturated carbocycles. The van der Waals surface area contributed by atoms with Gasteiger partial charge in [-0.15, -0.1) is 11.3 Å². The van der Waals surface area contributed by atoms with Crippen LogP contribution in [0.3, 0.4) is 0 Å². The second kappa shape index (κ2) is 7.16. The summed E-state index contributed by atoms with van der Waals surface area (Å²) in [7, 11) is 0. The summed E-state index contributed by atoms with van der Waals surface area (Å²) < 4.78 is 2.36. The fourth-order valence-corrected chi connectivity index (χ4v) is 5.18. The van der Waals surface area contributed by atoms with E-state index in [-0.39, 0.29) is 11.3 Å². The molecule has 1 aliphatic rings. The molecule has 7 heteroatoms. The SMILES string of the molecule is CCn1cc(Br)c(C(=O)Nc2sc3c(c2C#N)CC[C@@H](C(C)(C)C)C3)n1. The smallest absolute Gasteiger partial charge is 0.277 e. The Bertz CT molecular complexity index is 885. The van der Waals surface area contributed by atoms with Gasteiger partial charge in [0, 0.05) is 17.6 Å². The maximum atomic E-state index is 12.6. The highest BCUT2D eigenvalue weighted by molar-refractivity contribution is 9.10. The van der Waals surface area contributed by atoms with Gasteiger partial charge >= 0.3 is 0 Å². The lowest BCUT2D eigenvalue weighted by Crippen LogP contribution is -2.26. The average molecular weight is 435 g/mol. The zero-order valence-electron chi connectivity index (χ0n) is 15.5. The molecule has 3 rings (SSSR count). The van der Waals surface area contributed by atoms with Gasteiger partial charge in [-0.05, 0) is 59.0 Å². The summed E-state index contributed by atoms with van der Waals surface area (Å²) in [5.74, 6) is 0.310. The van der Waals surface area contributed by atoms with Crippen LogP contribution in [0, 0.1) is 22.7 Å². The number of aromatic nitrogens is 2. The van der Waals surface area contributed by atoms with E-state index in [1.165, 1.54) is 4.88 Å². The number of hydrogen-bond donors (Lipinski definition) is 1. The Labute approximate surface area is 166 Å². The Morgan fingerprint density at radius 2 is 2.27 bits per heavy atom. The third-order valence-corrected chi connectivity index (χ3v) is 6.84. The summed E-state index contributed by atoms with van der Waals surface area (Å²) >= 11 is 4.93. The second-order valence-electron chi connectivity index (χ2n) is 7.76. The van der Waals surface area contributed by atoms with E-state index in [9.17, 15) is 10.1 Å². The number of anilines is 1. The van der Waals surface area contributed by atoms with Crippen LogP contribution in [-0.4, -0.2) is 15.7 Å². The van der Waals surface area contributed by atoms with E-state index in [0.717, 1.165) is 24.8 Å². The largest absolute Gasteiger partial charge is 0.311 e. The molecule has 2 aromatic rings. The molecule has 0 spiro atoms. The quantitative estimate of drug-likeness (QED) is 0.738. The molecule has 1 aliphatic carbocycles. The third kappa shape index (κ3) is 3.58. The van der Waals surface area contributed by atoms with Crippen LogP contribution in [0.1, 0.15) is 60.6 Å². The second-order valence-corrected chi connectivity index (χ2v) is 9.72. The fourth-order valence-electron chi connectivity index (χ4n) is 3.41. The molecule has 0 saturated heterocycles. The molecular weight excluding hydrogens is 412 g/mol. The topological polar surface area (TPSA) is 70.7 Å². The van der Waals surface area contributed by atoms with Crippen LogP contribution in [0.5, 0.6) is 0 Å². The summed E-state index contributed by atoms with van der Waals surface area (Å²) in [5, 5.41) is 17.5. The maximum absolute atomic E-state index is 12.6. The first kappa shape index (κ1) is 19.1. The molecule has 2 aromatic heterocycles. The molecule has 0 unspecified atom stereocenters. The van der Waals surface area contributed by atoms with Crippen molar-refractivity contribution in [1.82, 2.24) is 9.78 Å². The predicted octanol–water partition coefficient (Wildman–Crippen LogP) is 5.00. The minimum atomic E-state index is -0.286. The monoisotopic (exact) mass is 434 g/mol. The molecule has 1 atom stereocenters. The summed E-state index contributed by atoms with van der Waals surface area (Å²) in [4.78, 5) is 13.9. The number of halogens is 1. The van der Waals surface area contributed by atoms with E-state index in [1.54, 1.807) is 22.2 Å². The van der Waals surface area contributed by atoms with Crippen LogP contribution >= 0.6 is 27.3 Å². The van der Waals surface area contributed by atoms with Crippen molar-refractivity contribution < 1.29 is 4.79 Å². The average Bonchev–Trinajstić information content (AvgIpc) is 3.12. The number of aryl methyl sites for hydroxylation is 1. The number of fused-ring (bicyclic) bond motifs is 1. The Balaban J connectivity index is 1.88. The maximum Gasteiger partial charge on any atom is 0.277 e. The van der Waals surface area contributed by atoms with Crippen molar-refractivity contribution >= 4 is 38.2 Å². The first-order valence-electron chi connectivity index (χ1n) is 8.83. The number of hydrogen-bond acceptors (Lipinski definition) is 4. The molecule has 0 bridgehead atoms. The van der Waals surface area contributed by atoms with Crippen LogP contribution < -0.4 is 5.32 Å².